The van der Waals surface area contributed by atoms with Gasteiger partial charge in [0, 0.05) is 10.7 Å². The first kappa shape index (κ1) is 25.0. The second kappa shape index (κ2) is 11.1. The van der Waals surface area contributed by atoms with Crippen LogP contribution in [-0.4, -0.2) is 28.5 Å². The Balaban J connectivity index is 1.39. The molecular formula is C25H17BrClFN2O4S. The van der Waals surface area contributed by atoms with Gasteiger partial charge in [-0.25, -0.2) is 4.39 Å². The van der Waals surface area contributed by atoms with Gasteiger partial charge in [0.05, 0.1) is 9.38 Å². The van der Waals surface area contributed by atoms with Crippen molar-refractivity contribution in [2.45, 2.75) is 6.61 Å². The van der Waals surface area contributed by atoms with Crippen LogP contribution >= 0.6 is 39.3 Å². The van der Waals surface area contributed by atoms with Crippen LogP contribution < -0.4 is 10.1 Å². The zero-order valence-electron chi connectivity index (χ0n) is 18.0. The number of imide groups is 1. The van der Waals surface area contributed by atoms with Gasteiger partial charge in [-0.1, -0.05) is 35.9 Å². The highest BCUT2D eigenvalue weighted by molar-refractivity contribution is 9.10. The van der Waals surface area contributed by atoms with Crippen LogP contribution in [0.5, 0.6) is 5.75 Å². The molecule has 0 saturated carbocycles. The van der Waals surface area contributed by atoms with Crippen LogP contribution in [-0.2, 0) is 16.2 Å². The highest BCUT2D eigenvalue weighted by Crippen LogP contribution is 2.34. The van der Waals surface area contributed by atoms with Gasteiger partial charge in [0.2, 0.25) is 5.91 Å². The third kappa shape index (κ3) is 6.50. The molecule has 0 atom stereocenters. The molecule has 0 radical (unpaired) electrons. The lowest BCUT2D eigenvalue weighted by Crippen LogP contribution is -2.36. The molecule has 1 N–H and O–H groups in total. The molecule has 3 aromatic carbocycles. The molecule has 4 rings (SSSR count). The molecule has 1 heterocycles. The number of anilines is 1. The minimum atomic E-state index is -0.547. The standard InChI is InChI=1S/C25H17BrClFN2O4S/c26-20-10-16(6-9-21(20)34-14-15-4-7-18(28)8-5-15)11-22-24(32)30(25(33)35-22)13-23(31)29-19-3-1-2-17(27)12-19/h1-12H,13-14H2,(H,29,31)/b22-11-. The van der Waals surface area contributed by atoms with Gasteiger partial charge in [0.15, 0.2) is 0 Å². The average molecular weight is 576 g/mol. The van der Waals surface area contributed by atoms with Gasteiger partial charge in [0.1, 0.15) is 24.7 Å². The fourth-order valence-electron chi connectivity index (χ4n) is 3.16. The van der Waals surface area contributed by atoms with Crippen LogP contribution in [0.4, 0.5) is 14.9 Å². The third-order valence-corrected chi connectivity index (χ3v) is 6.61. The van der Waals surface area contributed by atoms with Crippen LogP contribution in [0, 0.1) is 5.82 Å². The monoisotopic (exact) mass is 574 g/mol. The van der Waals surface area contributed by atoms with Crippen LogP contribution in [0.3, 0.4) is 0 Å². The largest absolute Gasteiger partial charge is 0.488 e. The summed E-state index contributed by atoms with van der Waals surface area (Å²) in [6.07, 6.45) is 1.58. The Bertz CT molecular complexity index is 1330. The summed E-state index contributed by atoms with van der Waals surface area (Å²) >= 11 is 10.1. The Morgan fingerprint density at radius 3 is 2.60 bits per heavy atom. The average Bonchev–Trinajstić information content (AvgIpc) is 3.07. The molecule has 1 fully saturated rings. The number of halogens is 3. The summed E-state index contributed by atoms with van der Waals surface area (Å²) in [6, 6.07) is 17.8. The smallest absolute Gasteiger partial charge is 0.294 e. The first-order chi connectivity index (χ1) is 16.8. The predicted octanol–water partition coefficient (Wildman–Crippen LogP) is 6.50. The summed E-state index contributed by atoms with van der Waals surface area (Å²) in [5.41, 5.74) is 1.95. The summed E-state index contributed by atoms with van der Waals surface area (Å²) in [6.45, 7) is -0.150. The number of carbonyl (C=O) groups excluding carboxylic acids is 3. The first-order valence-corrected chi connectivity index (χ1v) is 12.2. The maximum atomic E-state index is 13.0. The van der Waals surface area contributed by atoms with Crippen molar-refractivity contribution in [2.24, 2.45) is 0 Å². The molecule has 0 aromatic heterocycles. The van der Waals surface area contributed by atoms with E-state index in [2.05, 4.69) is 21.2 Å². The fourth-order valence-corrected chi connectivity index (χ4v) is 4.70. The number of hydrogen-bond acceptors (Lipinski definition) is 5. The van der Waals surface area contributed by atoms with Crippen molar-refractivity contribution in [1.82, 2.24) is 4.90 Å². The number of hydrogen-bond donors (Lipinski definition) is 1. The quantitative estimate of drug-likeness (QED) is 0.326. The van der Waals surface area contributed by atoms with Crippen molar-refractivity contribution >= 4 is 68.1 Å². The van der Waals surface area contributed by atoms with Gasteiger partial charge in [-0.15, -0.1) is 0 Å². The molecule has 3 amide bonds. The van der Waals surface area contributed by atoms with Crippen molar-refractivity contribution in [3.05, 3.63) is 98.1 Å². The van der Waals surface area contributed by atoms with E-state index >= 15 is 0 Å². The predicted molar refractivity (Wildman–Crippen MR) is 138 cm³/mol. The maximum absolute atomic E-state index is 13.0. The summed E-state index contributed by atoms with van der Waals surface area (Å²) < 4.78 is 19.5. The molecule has 0 unspecified atom stereocenters. The van der Waals surface area contributed by atoms with Crippen molar-refractivity contribution in [1.29, 1.82) is 0 Å². The summed E-state index contributed by atoms with van der Waals surface area (Å²) in [5, 5.41) is 2.55. The van der Waals surface area contributed by atoms with Crippen LogP contribution in [0.2, 0.25) is 5.02 Å². The Hall–Kier alpha value is -3.14. The second-order valence-electron chi connectivity index (χ2n) is 7.43. The molecule has 10 heteroatoms. The number of thioether (sulfide) groups is 1. The molecule has 1 aliphatic rings. The van der Waals surface area contributed by atoms with Gasteiger partial charge in [-0.2, -0.15) is 0 Å². The number of nitrogens with one attached hydrogen (secondary N) is 1. The molecule has 0 spiro atoms. The van der Waals surface area contributed by atoms with Crippen LogP contribution in [0.15, 0.2) is 76.1 Å². The zero-order chi connectivity index (χ0) is 24.9. The van der Waals surface area contributed by atoms with Crippen molar-refractivity contribution < 1.29 is 23.5 Å². The number of rotatable bonds is 7. The van der Waals surface area contributed by atoms with Crippen LogP contribution in [0.1, 0.15) is 11.1 Å². The topological polar surface area (TPSA) is 75.7 Å². The van der Waals surface area contributed by atoms with Gasteiger partial charge in [0.25, 0.3) is 11.1 Å². The van der Waals surface area contributed by atoms with Gasteiger partial charge in [-0.05, 0) is 87.4 Å². The molecule has 3 aromatic rings. The lowest BCUT2D eigenvalue weighted by molar-refractivity contribution is -0.127. The lowest BCUT2D eigenvalue weighted by atomic mass is 10.2. The number of carbonyl (C=O) groups is 3. The molecular weight excluding hydrogens is 559 g/mol. The van der Waals surface area contributed by atoms with Crippen molar-refractivity contribution in [2.75, 3.05) is 11.9 Å². The number of nitrogens with zero attached hydrogens (tertiary/aromatic N) is 1. The van der Waals surface area contributed by atoms with E-state index in [1.54, 1.807) is 60.7 Å². The zero-order valence-corrected chi connectivity index (χ0v) is 21.1. The second-order valence-corrected chi connectivity index (χ2v) is 9.72. The van der Waals surface area contributed by atoms with Crippen molar-refractivity contribution in [3.63, 3.8) is 0 Å². The first-order valence-electron chi connectivity index (χ1n) is 10.3. The van der Waals surface area contributed by atoms with Gasteiger partial charge >= 0.3 is 0 Å². The Labute approximate surface area is 218 Å². The normalized spacial score (nSPS) is 14.5. The summed E-state index contributed by atoms with van der Waals surface area (Å²) in [5.74, 6) is -0.807. The van der Waals surface area contributed by atoms with E-state index < -0.39 is 23.6 Å². The number of ether oxygens (including phenoxy) is 1. The molecule has 6 nitrogen and oxygen atoms in total. The maximum Gasteiger partial charge on any atom is 0.294 e. The molecule has 35 heavy (non-hydrogen) atoms. The third-order valence-electron chi connectivity index (χ3n) is 4.84. The van der Waals surface area contributed by atoms with E-state index in [-0.39, 0.29) is 17.3 Å². The van der Waals surface area contributed by atoms with Crippen molar-refractivity contribution in [3.8, 4) is 5.75 Å². The Morgan fingerprint density at radius 2 is 1.89 bits per heavy atom. The molecule has 0 bridgehead atoms. The highest BCUT2D eigenvalue weighted by Gasteiger charge is 2.36. The molecule has 1 aliphatic heterocycles. The minimum Gasteiger partial charge on any atom is -0.488 e. The number of benzene rings is 3. The number of amides is 3. The van der Waals surface area contributed by atoms with E-state index in [0.29, 0.717) is 26.5 Å². The SMILES string of the molecule is O=C(CN1C(=O)S/C(=C\c2ccc(OCc3ccc(F)cc3)c(Br)c2)C1=O)Nc1cccc(Cl)c1. The van der Waals surface area contributed by atoms with Crippen LogP contribution in [0.25, 0.3) is 6.08 Å². The van der Waals surface area contributed by atoms with E-state index in [1.807, 2.05) is 0 Å². The van der Waals surface area contributed by atoms with E-state index in [9.17, 15) is 18.8 Å². The summed E-state index contributed by atoms with van der Waals surface area (Å²) in [7, 11) is 0. The molecule has 1 saturated heterocycles. The van der Waals surface area contributed by atoms with E-state index in [4.69, 9.17) is 16.3 Å². The van der Waals surface area contributed by atoms with Gasteiger partial charge in [-0.3, -0.25) is 19.3 Å². The molecule has 178 valence electrons. The minimum absolute atomic E-state index is 0.206. The fraction of sp³-hybridized carbons (Fsp3) is 0.0800. The van der Waals surface area contributed by atoms with Gasteiger partial charge < -0.3 is 10.1 Å². The summed E-state index contributed by atoms with van der Waals surface area (Å²) in [4.78, 5) is 38.5. The Morgan fingerprint density at radius 1 is 1.11 bits per heavy atom. The van der Waals surface area contributed by atoms with E-state index in [0.717, 1.165) is 22.2 Å². The molecule has 0 aliphatic carbocycles. The lowest BCUT2D eigenvalue weighted by Gasteiger charge is -2.12. The van der Waals surface area contributed by atoms with E-state index in [1.165, 1.54) is 12.1 Å². The highest BCUT2D eigenvalue weighted by atomic mass is 79.9. The Kier molecular flexibility index (Phi) is 7.90.